The van der Waals surface area contributed by atoms with Gasteiger partial charge in [-0.2, -0.15) is 0 Å². The van der Waals surface area contributed by atoms with E-state index in [-0.39, 0.29) is 0 Å². The van der Waals surface area contributed by atoms with Crippen LogP contribution in [-0.2, 0) is 0 Å². The lowest BCUT2D eigenvalue weighted by atomic mass is 9.94. The van der Waals surface area contributed by atoms with E-state index in [0.717, 1.165) is 24.2 Å². The maximum atomic E-state index is 5.83. The third kappa shape index (κ3) is 3.70. The maximum absolute atomic E-state index is 5.83. The molecule has 0 heterocycles. The van der Waals surface area contributed by atoms with Gasteiger partial charge < -0.3 is 0 Å². The first-order valence-electron chi connectivity index (χ1n) is 5.31. The highest BCUT2D eigenvalue weighted by atomic mass is 35.5. The summed E-state index contributed by atoms with van der Waals surface area (Å²) < 4.78 is 0. The van der Waals surface area contributed by atoms with E-state index in [1.54, 1.807) is 0 Å². The highest BCUT2D eigenvalue weighted by Crippen LogP contribution is 2.23. The van der Waals surface area contributed by atoms with Gasteiger partial charge in [-0.05, 0) is 19.4 Å². The summed E-state index contributed by atoms with van der Waals surface area (Å²) in [5.41, 5.74) is 0. The van der Waals surface area contributed by atoms with Crippen molar-refractivity contribution in [3.8, 4) is 0 Å². The van der Waals surface area contributed by atoms with E-state index in [0.29, 0.717) is 0 Å². The highest BCUT2D eigenvalue weighted by Gasteiger charge is 2.19. The number of halogens is 1. The van der Waals surface area contributed by atoms with Crippen LogP contribution in [0.1, 0.15) is 39.0 Å². The number of likely N-dealkylation sites (N-methyl/N-ethyl adjacent to an activating group) is 1. The first-order chi connectivity index (χ1) is 6.24. The minimum Gasteiger partial charge on any atom is -0.296 e. The van der Waals surface area contributed by atoms with E-state index >= 15 is 0 Å². The minimum absolute atomic E-state index is 0.759. The SMILES string of the molecule is C=C(Cl)CN(CC)C1CCCCC1. The second-order valence-corrected chi connectivity index (χ2v) is 4.41. The lowest BCUT2D eigenvalue weighted by molar-refractivity contribution is 0.179. The van der Waals surface area contributed by atoms with Crippen LogP contribution in [0.3, 0.4) is 0 Å². The van der Waals surface area contributed by atoms with Crippen LogP contribution in [0.4, 0.5) is 0 Å². The second-order valence-electron chi connectivity index (χ2n) is 3.87. The van der Waals surface area contributed by atoms with Crippen molar-refractivity contribution in [3.05, 3.63) is 11.6 Å². The summed E-state index contributed by atoms with van der Waals surface area (Å²) in [4.78, 5) is 2.45. The summed E-state index contributed by atoms with van der Waals surface area (Å²) in [6, 6.07) is 0.759. The number of hydrogen-bond donors (Lipinski definition) is 0. The van der Waals surface area contributed by atoms with Crippen LogP contribution in [-0.4, -0.2) is 24.0 Å². The van der Waals surface area contributed by atoms with Crippen LogP contribution in [0, 0.1) is 0 Å². The van der Waals surface area contributed by atoms with E-state index in [1.165, 1.54) is 32.1 Å². The van der Waals surface area contributed by atoms with Crippen molar-refractivity contribution in [2.45, 2.75) is 45.1 Å². The van der Waals surface area contributed by atoms with Crippen LogP contribution in [0.5, 0.6) is 0 Å². The minimum atomic E-state index is 0.759. The first kappa shape index (κ1) is 11.1. The van der Waals surface area contributed by atoms with E-state index in [4.69, 9.17) is 11.6 Å². The quantitative estimate of drug-likeness (QED) is 0.674. The average Bonchev–Trinajstić information content (AvgIpc) is 2.15. The third-order valence-corrected chi connectivity index (χ3v) is 2.99. The largest absolute Gasteiger partial charge is 0.296 e. The summed E-state index contributed by atoms with van der Waals surface area (Å²) in [5.74, 6) is 0. The Balaban J connectivity index is 2.39. The van der Waals surface area contributed by atoms with Crippen molar-refractivity contribution in [3.63, 3.8) is 0 Å². The Morgan fingerprint density at radius 2 is 2.00 bits per heavy atom. The van der Waals surface area contributed by atoms with Crippen LogP contribution >= 0.6 is 11.6 Å². The fraction of sp³-hybridized carbons (Fsp3) is 0.818. The molecular weight excluding hydrogens is 182 g/mol. The molecule has 0 N–H and O–H groups in total. The first-order valence-corrected chi connectivity index (χ1v) is 5.69. The molecule has 1 aliphatic rings. The molecule has 0 radical (unpaired) electrons. The van der Waals surface area contributed by atoms with Crippen LogP contribution < -0.4 is 0 Å². The number of hydrogen-bond acceptors (Lipinski definition) is 1. The molecule has 0 aliphatic heterocycles. The molecule has 0 unspecified atom stereocenters. The van der Waals surface area contributed by atoms with Crippen molar-refractivity contribution in [2.75, 3.05) is 13.1 Å². The summed E-state index contributed by atoms with van der Waals surface area (Å²) >= 11 is 5.83. The number of rotatable bonds is 4. The molecule has 0 aromatic heterocycles. The van der Waals surface area contributed by atoms with E-state index < -0.39 is 0 Å². The van der Waals surface area contributed by atoms with E-state index in [9.17, 15) is 0 Å². The molecule has 2 heteroatoms. The molecule has 0 amide bonds. The maximum Gasteiger partial charge on any atom is 0.0338 e. The van der Waals surface area contributed by atoms with Gasteiger partial charge in [0, 0.05) is 17.6 Å². The van der Waals surface area contributed by atoms with Gasteiger partial charge in [0.2, 0.25) is 0 Å². The topological polar surface area (TPSA) is 3.24 Å². The summed E-state index contributed by atoms with van der Waals surface area (Å²) in [6.07, 6.45) is 6.87. The van der Waals surface area contributed by atoms with Gasteiger partial charge in [-0.25, -0.2) is 0 Å². The van der Waals surface area contributed by atoms with E-state index in [1.807, 2.05) is 0 Å². The Hall–Kier alpha value is -0.0100. The molecular formula is C11H20ClN. The molecule has 1 fully saturated rings. The molecule has 1 saturated carbocycles. The number of nitrogens with zero attached hydrogens (tertiary/aromatic N) is 1. The van der Waals surface area contributed by atoms with Gasteiger partial charge in [-0.1, -0.05) is 44.4 Å². The molecule has 1 rings (SSSR count). The average molecular weight is 202 g/mol. The van der Waals surface area contributed by atoms with Gasteiger partial charge in [0.25, 0.3) is 0 Å². The Labute approximate surface area is 86.8 Å². The Kier molecular flexibility index (Phi) is 4.82. The predicted octanol–water partition coefficient (Wildman–Crippen LogP) is 3.39. The molecule has 0 spiro atoms. The van der Waals surface area contributed by atoms with E-state index in [2.05, 4.69) is 18.4 Å². The van der Waals surface area contributed by atoms with Crippen molar-refractivity contribution in [1.82, 2.24) is 4.90 Å². The van der Waals surface area contributed by atoms with Crippen LogP contribution in [0.25, 0.3) is 0 Å². The zero-order valence-electron chi connectivity index (χ0n) is 8.56. The van der Waals surface area contributed by atoms with Crippen molar-refractivity contribution >= 4 is 11.6 Å². The third-order valence-electron chi connectivity index (χ3n) is 2.87. The predicted molar refractivity (Wildman–Crippen MR) is 59.1 cm³/mol. The summed E-state index contributed by atoms with van der Waals surface area (Å²) in [5, 5.41) is 0.771. The zero-order chi connectivity index (χ0) is 9.68. The highest BCUT2D eigenvalue weighted by molar-refractivity contribution is 6.29. The van der Waals surface area contributed by atoms with Gasteiger partial charge in [-0.15, -0.1) is 0 Å². The molecule has 0 aromatic carbocycles. The molecule has 76 valence electrons. The van der Waals surface area contributed by atoms with Crippen LogP contribution in [0.15, 0.2) is 11.6 Å². The van der Waals surface area contributed by atoms with Gasteiger partial charge in [0.1, 0.15) is 0 Å². The van der Waals surface area contributed by atoms with Gasteiger partial charge in [-0.3, -0.25) is 4.90 Å². The molecule has 1 aliphatic carbocycles. The van der Waals surface area contributed by atoms with Crippen LogP contribution in [0.2, 0.25) is 0 Å². The van der Waals surface area contributed by atoms with Crippen molar-refractivity contribution < 1.29 is 0 Å². The van der Waals surface area contributed by atoms with Crippen molar-refractivity contribution in [1.29, 1.82) is 0 Å². The van der Waals surface area contributed by atoms with Crippen molar-refractivity contribution in [2.24, 2.45) is 0 Å². The Bertz CT molecular complexity index is 161. The zero-order valence-corrected chi connectivity index (χ0v) is 9.32. The lowest BCUT2D eigenvalue weighted by Crippen LogP contribution is -2.37. The molecule has 0 saturated heterocycles. The summed E-state index contributed by atoms with van der Waals surface area (Å²) in [7, 11) is 0. The molecule has 1 nitrogen and oxygen atoms in total. The van der Waals surface area contributed by atoms with Gasteiger partial charge in [0.05, 0.1) is 0 Å². The lowest BCUT2D eigenvalue weighted by Gasteiger charge is -2.33. The molecule has 13 heavy (non-hydrogen) atoms. The fourth-order valence-electron chi connectivity index (χ4n) is 2.17. The van der Waals surface area contributed by atoms with Gasteiger partial charge >= 0.3 is 0 Å². The fourth-order valence-corrected chi connectivity index (χ4v) is 2.32. The monoisotopic (exact) mass is 201 g/mol. The Morgan fingerprint density at radius 1 is 1.38 bits per heavy atom. The molecule has 0 atom stereocenters. The standard InChI is InChI=1S/C11H20ClN/c1-3-13(9-10(2)12)11-7-5-4-6-8-11/h11H,2-9H2,1H3. The normalized spacial score (nSPS) is 19.3. The Morgan fingerprint density at radius 3 is 2.46 bits per heavy atom. The van der Waals surface area contributed by atoms with Gasteiger partial charge in [0.15, 0.2) is 0 Å². The molecule has 0 aromatic rings. The summed E-state index contributed by atoms with van der Waals surface area (Å²) in [6.45, 7) is 7.92. The smallest absolute Gasteiger partial charge is 0.0338 e. The molecule has 0 bridgehead atoms. The second kappa shape index (κ2) is 5.66.